The number of piperidine rings is 1. The van der Waals surface area contributed by atoms with Crippen LogP contribution in [-0.4, -0.2) is 44.3 Å². The molecule has 0 bridgehead atoms. The number of anilines is 1. The molecule has 1 heterocycles. The molecule has 1 atom stereocenters. The van der Waals surface area contributed by atoms with Crippen LogP contribution in [0.2, 0.25) is 10.0 Å². The van der Waals surface area contributed by atoms with Gasteiger partial charge in [-0.3, -0.25) is 4.79 Å². The van der Waals surface area contributed by atoms with Gasteiger partial charge in [-0.15, -0.1) is 0 Å². The Balaban J connectivity index is 1.68. The third-order valence-corrected chi connectivity index (χ3v) is 7.95. The monoisotopic (exact) mass is 498 g/mol. The number of ether oxygens (including phenoxy) is 1. The SMILES string of the molecule is Cc1ccc(NC(=O)COC(=O)c2ccc(Cl)c(S(=O)(=O)N3CCC[C@H](C)C3)c2)cc1Cl. The highest BCUT2D eigenvalue weighted by Gasteiger charge is 2.31. The van der Waals surface area contributed by atoms with Crippen molar-refractivity contribution in [3.05, 3.63) is 57.6 Å². The number of carbonyl (C=O) groups is 2. The minimum Gasteiger partial charge on any atom is -0.452 e. The third kappa shape index (κ3) is 5.81. The van der Waals surface area contributed by atoms with Crippen LogP contribution in [-0.2, 0) is 19.6 Å². The average molecular weight is 499 g/mol. The Morgan fingerprint density at radius 2 is 1.91 bits per heavy atom. The lowest BCUT2D eigenvalue weighted by Gasteiger charge is -2.30. The summed E-state index contributed by atoms with van der Waals surface area (Å²) in [6.45, 7) is 4.09. The molecule has 0 spiro atoms. The van der Waals surface area contributed by atoms with Crippen molar-refractivity contribution >= 4 is 50.8 Å². The van der Waals surface area contributed by atoms with Gasteiger partial charge in [0.2, 0.25) is 10.0 Å². The molecule has 1 fully saturated rings. The van der Waals surface area contributed by atoms with E-state index in [0.29, 0.717) is 23.8 Å². The quantitative estimate of drug-likeness (QED) is 0.591. The van der Waals surface area contributed by atoms with Gasteiger partial charge in [0, 0.05) is 23.8 Å². The lowest BCUT2D eigenvalue weighted by Crippen LogP contribution is -2.39. The third-order valence-electron chi connectivity index (χ3n) is 5.19. The van der Waals surface area contributed by atoms with Crippen LogP contribution < -0.4 is 5.32 Å². The van der Waals surface area contributed by atoms with E-state index in [1.54, 1.807) is 18.2 Å². The van der Waals surface area contributed by atoms with Crippen LogP contribution in [0.15, 0.2) is 41.3 Å². The highest BCUT2D eigenvalue weighted by molar-refractivity contribution is 7.89. The minimum atomic E-state index is -3.86. The van der Waals surface area contributed by atoms with Gasteiger partial charge in [0.1, 0.15) is 4.90 Å². The molecule has 172 valence electrons. The van der Waals surface area contributed by atoms with Crippen LogP contribution >= 0.6 is 23.2 Å². The first-order valence-corrected chi connectivity index (χ1v) is 12.3. The molecule has 0 aromatic heterocycles. The molecular weight excluding hydrogens is 475 g/mol. The Bertz CT molecular complexity index is 1140. The second kappa shape index (κ2) is 10.2. The van der Waals surface area contributed by atoms with Crippen LogP contribution in [0.4, 0.5) is 5.69 Å². The van der Waals surface area contributed by atoms with E-state index in [1.807, 2.05) is 13.8 Å². The number of nitrogens with zero attached hydrogens (tertiary/aromatic N) is 1. The molecule has 1 N–H and O–H groups in total. The Kier molecular flexibility index (Phi) is 7.82. The smallest absolute Gasteiger partial charge is 0.338 e. The van der Waals surface area contributed by atoms with E-state index in [4.69, 9.17) is 27.9 Å². The molecule has 1 saturated heterocycles. The zero-order valence-electron chi connectivity index (χ0n) is 17.7. The van der Waals surface area contributed by atoms with Crippen molar-refractivity contribution < 1.29 is 22.7 Å². The molecule has 0 unspecified atom stereocenters. The first-order valence-electron chi connectivity index (χ1n) is 10.1. The van der Waals surface area contributed by atoms with Gasteiger partial charge in [0.15, 0.2) is 6.61 Å². The van der Waals surface area contributed by atoms with E-state index in [9.17, 15) is 18.0 Å². The Morgan fingerprint density at radius 3 is 2.59 bits per heavy atom. The van der Waals surface area contributed by atoms with Gasteiger partial charge in [-0.25, -0.2) is 13.2 Å². The number of rotatable bonds is 6. The summed E-state index contributed by atoms with van der Waals surface area (Å²) in [6, 6.07) is 8.92. The molecule has 3 rings (SSSR count). The number of hydrogen-bond acceptors (Lipinski definition) is 5. The standard InChI is InChI=1S/C22H24Cl2N2O5S/c1-14-4-3-9-26(12-14)32(29,30)20-10-16(6-8-18(20)23)22(28)31-13-21(27)25-17-7-5-15(2)19(24)11-17/h5-8,10-11,14H,3-4,9,12-13H2,1-2H3,(H,25,27)/t14-/m0/s1. The number of carbonyl (C=O) groups excluding carboxylic acids is 2. The molecule has 0 aliphatic carbocycles. The van der Waals surface area contributed by atoms with Gasteiger partial charge in [-0.2, -0.15) is 4.31 Å². The van der Waals surface area contributed by atoms with Crippen LogP contribution in [0.25, 0.3) is 0 Å². The maximum atomic E-state index is 13.1. The van der Waals surface area contributed by atoms with Gasteiger partial charge in [0.25, 0.3) is 5.91 Å². The predicted octanol–water partition coefficient (Wildman–Crippen LogP) is 4.52. The van der Waals surface area contributed by atoms with E-state index in [1.165, 1.54) is 22.5 Å². The predicted molar refractivity (Wildman–Crippen MR) is 124 cm³/mol. The van der Waals surface area contributed by atoms with Crippen LogP contribution in [0.1, 0.15) is 35.7 Å². The minimum absolute atomic E-state index is 0.00999. The summed E-state index contributed by atoms with van der Waals surface area (Å²) in [6.07, 6.45) is 1.73. The summed E-state index contributed by atoms with van der Waals surface area (Å²) >= 11 is 12.2. The number of aryl methyl sites for hydroxylation is 1. The fourth-order valence-corrected chi connectivity index (χ4v) is 5.69. The van der Waals surface area contributed by atoms with Crippen molar-refractivity contribution in [3.63, 3.8) is 0 Å². The number of benzene rings is 2. The molecule has 0 radical (unpaired) electrons. The number of hydrogen-bond donors (Lipinski definition) is 1. The largest absolute Gasteiger partial charge is 0.452 e. The zero-order chi connectivity index (χ0) is 23.5. The second-order valence-corrected chi connectivity index (χ2v) is 10.6. The molecule has 7 nitrogen and oxygen atoms in total. The molecule has 2 aromatic carbocycles. The number of nitrogens with one attached hydrogen (secondary N) is 1. The average Bonchev–Trinajstić information content (AvgIpc) is 2.75. The Labute approximate surface area is 197 Å². The first kappa shape index (κ1) is 24.5. The van der Waals surface area contributed by atoms with E-state index < -0.39 is 28.5 Å². The lowest BCUT2D eigenvalue weighted by molar-refractivity contribution is -0.119. The molecule has 32 heavy (non-hydrogen) atoms. The number of esters is 1. The van der Waals surface area contributed by atoms with Crippen molar-refractivity contribution in [2.24, 2.45) is 5.92 Å². The van der Waals surface area contributed by atoms with Crippen molar-refractivity contribution in [1.29, 1.82) is 0 Å². The van der Waals surface area contributed by atoms with Gasteiger partial charge < -0.3 is 10.1 Å². The number of sulfonamides is 1. The Hall–Kier alpha value is -2.13. The zero-order valence-corrected chi connectivity index (χ0v) is 20.1. The highest BCUT2D eigenvalue weighted by atomic mass is 35.5. The summed E-state index contributed by atoms with van der Waals surface area (Å²) < 4.78 is 32.6. The van der Waals surface area contributed by atoms with Gasteiger partial charge in [-0.1, -0.05) is 36.2 Å². The van der Waals surface area contributed by atoms with Gasteiger partial charge in [-0.05, 0) is 61.6 Å². The number of halogens is 2. The van der Waals surface area contributed by atoms with Crippen LogP contribution in [0, 0.1) is 12.8 Å². The summed E-state index contributed by atoms with van der Waals surface area (Å²) in [5.41, 5.74) is 1.32. The first-order chi connectivity index (χ1) is 15.1. The molecule has 0 saturated carbocycles. The van der Waals surface area contributed by atoms with Crippen molar-refractivity contribution in [1.82, 2.24) is 4.31 Å². The fraction of sp³-hybridized carbons (Fsp3) is 0.364. The normalized spacial score (nSPS) is 17.1. The topological polar surface area (TPSA) is 92.8 Å². The summed E-state index contributed by atoms with van der Waals surface area (Å²) in [5.74, 6) is -1.14. The molecule has 1 amide bonds. The molecule has 1 aliphatic rings. The summed E-state index contributed by atoms with van der Waals surface area (Å²) in [4.78, 5) is 24.4. The molecule has 2 aromatic rings. The maximum absolute atomic E-state index is 13.1. The molecule has 10 heteroatoms. The van der Waals surface area contributed by atoms with Gasteiger partial charge in [0.05, 0.1) is 10.6 Å². The van der Waals surface area contributed by atoms with E-state index in [-0.39, 0.29) is 21.4 Å². The highest BCUT2D eigenvalue weighted by Crippen LogP contribution is 2.29. The lowest BCUT2D eigenvalue weighted by atomic mass is 10.0. The molecule has 1 aliphatic heterocycles. The van der Waals surface area contributed by atoms with Crippen LogP contribution in [0.3, 0.4) is 0 Å². The fourth-order valence-electron chi connectivity index (χ4n) is 3.41. The summed E-state index contributed by atoms with van der Waals surface area (Å²) in [7, 11) is -3.86. The summed E-state index contributed by atoms with van der Waals surface area (Å²) in [5, 5.41) is 3.10. The van der Waals surface area contributed by atoms with Gasteiger partial charge >= 0.3 is 5.97 Å². The second-order valence-electron chi connectivity index (χ2n) is 7.84. The molecular formula is C22H24Cl2N2O5S. The van der Waals surface area contributed by atoms with Crippen molar-refractivity contribution in [3.8, 4) is 0 Å². The number of amides is 1. The van der Waals surface area contributed by atoms with E-state index >= 15 is 0 Å². The van der Waals surface area contributed by atoms with E-state index in [2.05, 4.69) is 5.32 Å². The van der Waals surface area contributed by atoms with E-state index in [0.717, 1.165) is 18.4 Å². The maximum Gasteiger partial charge on any atom is 0.338 e. The van der Waals surface area contributed by atoms with Crippen LogP contribution in [0.5, 0.6) is 0 Å². The van der Waals surface area contributed by atoms with Crippen molar-refractivity contribution in [2.45, 2.75) is 31.6 Å². The Morgan fingerprint density at radius 1 is 1.16 bits per heavy atom. The van der Waals surface area contributed by atoms with Crippen molar-refractivity contribution in [2.75, 3.05) is 25.0 Å².